The Kier molecular flexibility index (Phi) is 3.77. The van der Waals surface area contributed by atoms with Crippen LogP contribution >= 0.6 is 15.9 Å². The van der Waals surface area contributed by atoms with Gasteiger partial charge in [-0.3, -0.25) is 9.48 Å². The van der Waals surface area contributed by atoms with Gasteiger partial charge in [0.1, 0.15) is 5.69 Å². The lowest BCUT2D eigenvalue weighted by Crippen LogP contribution is -2.48. The molecule has 0 bridgehead atoms. The molecule has 0 aliphatic carbocycles. The van der Waals surface area contributed by atoms with Crippen molar-refractivity contribution < 1.29 is 9.53 Å². The van der Waals surface area contributed by atoms with Gasteiger partial charge in [-0.05, 0) is 36.7 Å². The maximum atomic E-state index is 12.5. The first kappa shape index (κ1) is 13.5. The molecule has 1 amide bonds. The molecule has 0 N–H and O–H groups in total. The van der Waals surface area contributed by atoms with Crippen LogP contribution in [0, 0.1) is 6.92 Å². The predicted molar refractivity (Wildman–Crippen MR) is 71.6 cm³/mol. The summed E-state index contributed by atoms with van der Waals surface area (Å²) in [6.07, 6.45) is 0.150. The molecule has 0 radical (unpaired) electrons. The Labute approximate surface area is 115 Å². The minimum atomic E-state index is 0.00646. The standard InChI is InChI=1S/C12H18BrN3O2/c1-7-5-16(6-8(2)18-7)12(17)11-10(13)9(3)14-15(11)4/h7-8H,5-6H2,1-4H3. The fraction of sp³-hybridized carbons (Fsp3) is 0.667. The van der Waals surface area contributed by atoms with Gasteiger partial charge in [-0.1, -0.05) is 0 Å². The zero-order chi connectivity index (χ0) is 13.4. The third kappa shape index (κ3) is 2.44. The van der Waals surface area contributed by atoms with Gasteiger partial charge in [-0.15, -0.1) is 0 Å². The summed E-state index contributed by atoms with van der Waals surface area (Å²) in [7, 11) is 1.79. The molecule has 0 spiro atoms. The molecule has 1 aromatic heterocycles. The van der Waals surface area contributed by atoms with E-state index in [0.717, 1.165) is 10.2 Å². The molecule has 1 aliphatic rings. The molecule has 2 unspecified atom stereocenters. The van der Waals surface area contributed by atoms with Crippen LogP contribution in [0.2, 0.25) is 0 Å². The zero-order valence-electron chi connectivity index (χ0n) is 11.1. The second kappa shape index (κ2) is 5.01. The van der Waals surface area contributed by atoms with Gasteiger partial charge in [0.2, 0.25) is 0 Å². The molecule has 1 aliphatic heterocycles. The summed E-state index contributed by atoms with van der Waals surface area (Å²) in [6, 6.07) is 0. The van der Waals surface area contributed by atoms with E-state index in [-0.39, 0.29) is 18.1 Å². The summed E-state index contributed by atoms with van der Waals surface area (Å²) in [4.78, 5) is 14.4. The number of halogens is 1. The Morgan fingerprint density at radius 2 is 1.94 bits per heavy atom. The number of hydrogen-bond acceptors (Lipinski definition) is 3. The Morgan fingerprint density at radius 3 is 2.39 bits per heavy atom. The van der Waals surface area contributed by atoms with Crippen LogP contribution in [0.1, 0.15) is 30.0 Å². The summed E-state index contributed by atoms with van der Waals surface area (Å²) < 4.78 is 8.05. The SMILES string of the molecule is Cc1nn(C)c(C(=O)N2CC(C)OC(C)C2)c1Br. The molecule has 100 valence electrons. The number of aromatic nitrogens is 2. The van der Waals surface area contributed by atoms with Gasteiger partial charge < -0.3 is 9.64 Å². The highest BCUT2D eigenvalue weighted by Gasteiger charge is 2.29. The van der Waals surface area contributed by atoms with Crippen LogP contribution in [-0.2, 0) is 11.8 Å². The van der Waals surface area contributed by atoms with Crippen molar-refractivity contribution in [3.63, 3.8) is 0 Å². The second-order valence-corrected chi connectivity index (χ2v) is 5.63. The van der Waals surface area contributed by atoms with Crippen LogP contribution in [0.4, 0.5) is 0 Å². The molecule has 5 nitrogen and oxygen atoms in total. The molecule has 1 saturated heterocycles. The first-order valence-electron chi connectivity index (χ1n) is 6.04. The van der Waals surface area contributed by atoms with E-state index in [2.05, 4.69) is 21.0 Å². The number of carbonyl (C=O) groups is 1. The fourth-order valence-corrected chi connectivity index (χ4v) is 2.86. The maximum absolute atomic E-state index is 12.5. The molecule has 18 heavy (non-hydrogen) atoms. The van der Waals surface area contributed by atoms with Crippen LogP contribution in [-0.4, -0.2) is 45.9 Å². The molecule has 2 atom stereocenters. The number of aryl methyl sites for hydroxylation is 2. The van der Waals surface area contributed by atoms with Crippen LogP contribution < -0.4 is 0 Å². The number of carbonyl (C=O) groups excluding carboxylic acids is 1. The van der Waals surface area contributed by atoms with E-state index in [1.54, 1.807) is 11.7 Å². The third-order valence-electron chi connectivity index (χ3n) is 3.06. The van der Waals surface area contributed by atoms with Gasteiger partial charge in [0.15, 0.2) is 0 Å². The Hall–Kier alpha value is -0.880. The van der Waals surface area contributed by atoms with Crippen molar-refractivity contribution in [1.82, 2.24) is 14.7 Å². The number of ether oxygens (including phenoxy) is 1. The highest BCUT2D eigenvalue weighted by molar-refractivity contribution is 9.10. The molecular weight excluding hydrogens is 298 g/mol. The Morgan fingerprint density at radius 1 is 1.39 bits per heavy atom. The summed E-state index contributed by atoms with van der Waals surface area (Å²) in [6.45, 7) is 7.10. The van der Waals surface area contributed by atoms with Gasteiger partial charge in [-0.2, -0.15) is 5.10 Å². The van der Waals surface area contributed by atoms with E-state index in [1.807, 2.05) is 25.7 Å². The van der Waals surface area contributed by atoms with Gasteiger partial charge in [-0.25, -0.2) is 0 Å². The molecular formula is C12H18BrN3O2. The number of rotatable bonds is 1. The van der Waals surface area contributed by atoms with Gasteiger partial charge in [0.05, 0.1) is 22.4 Å². The molecule has 1 fully saturated rings. The van der Waals surface area contributed by atoms with E-state index < -0.39 is 0 Å². The van der Waals surface area contributed by atoms with Gasteiger partial charge in [0, 0.05) is 20.1 Å². The molecule has 0 saturated carbocycles. The minimum absolute atomic E-state index is 0.00646. The van der Waals surface area contributed by atoms with E-state index in [9.17, 15) is 4.79 Å². The van der Waals surface area contributed by atoms with Crippen LogP contribution in [0.5, 0.6) is 0 Å². The van der Waals surface area contributed by atoms with Crippen LogP contribution in [0.25, 0.3) is 0 Å². The van der Waals surface area contributed by atoms with E-state index in [0.29, 0.717) is 18.8 Å². The first-order chi connectivity index (χ1) is 8.40. The monoisotopic (exact) mass is 315 g/mol. The van der Waals surface area contributed by atoms with Crippen molar-refractivity contribution in [1.29, 1.82) is 0 Å². The maximum Gasteiger partial charge on any atom is 0.273 e. The quantitative estimate of drug-likeness (QED) is 0.793. The largest absolute Gasteiger partial charge is 0.372 e. The van der Waals surface area contributed by atoms with Gasteiger partial charge >= 0.3 is 0 Å². The van der Waals surface area contributed by atoms with Crippen molar-refractivity contribution in [2.45, 2.75) is 33.0 Å². The average Bonchev–Trinajstić information content (AvgIpc) is 2.51. The second-order valence-electron chi connectivity index (χ2n) is 4.84. The predicted octanol–water partition coefficient (Wildman–Crippen LogP) is 1.74. The average molecular weight is 316 g/mol. The molecule has 2 rings (SSSR count). The Bertz CT molecular complexity index is 462. The summed E-state index contributed by atoms with van der Waals surface area (Å²) in [5, 5.41) is 4.26. The van der Waals surface area contributed by atoms with Crippen LogP contribution in [0.3, 0.4) is 0 Å². The van der Waals surface area contributed by atoms with Crippen molar-refractivity contribution in [2.75, 3.05) is 13.1 Å². The topological polar surface area (TPSA) is 47.4 Å². The first-order valence-corrected chi connectivity index (χ1v) is 6.83. The lowest BCUT2D eigenvalue weighted by molar-refractivity contribution is -0.0588. The molecule has 2 heterocycles. The smallest absolute Gasteiger partial charge is 0.273 e. The summed E-state index contributed by atoms with van der Waals surface area (Å²) in [5.41, 5.74) is 1.43. The van der Waals surface area contributed by atoms with Crippen molar-refractivity contribution >= 4 is 21.8 Å². The minimum Gasteiger partial charge on any atom is -0.372 e. The van der Waals surface area contributed by atoms with Gasteiger partial charge in [0.25, 0.3) is 5.91 Å². The highest BCUT2D eigenvalue weighted by Crippen LogP contribution is 2.23. The number of morpholine rings is 1. The third-order valence-corrected chi connectivity index (χ3v) is 4.01. The van der Waals surface area contributed by atoms with E-state index in [4.69, 9.17) is 4.74 Å². The lowest BCUT2D eigenvalue weighted by Gasteiger charge is -2.35. The van der Waals surface area contributed by atoms with E-state index >= 15 is 0 Å². The van der Waals surface area contributed by atoms with Crippen molar-refractivity contribution in [3.05, 3.63) is 15.9 Å². The normalized spacial score (nSPS) is 24.4. The molecule has 6 heteroatoms. The molecule has 0 aromatic carbocycles. The van der Waals surface area contributed by atoms with Crippen molar-refractivity contribution in [2.24, 2.45) is 7.05 Å². The number of hydrogen-bond donors (Lipinski definition) is 0. The lowest BCUT2D eigenvalue weighted by atomic mass is 10.2. The Balaban J connectivity index is 2.25. The highest BCUT2D eigenvalue weighted by atomic mass is 79.9. The zero-order valence-corrected chi connectivity index (χ0v) is 12.7. The molecule has 1 aromatic rings. The van der Waals surface area contributed by atoms with Crippen LogP contribution in [0.15, 0.2) is 4.47 Å². The van der Waals surface area contributed by atoms with Crippen molar-refractivity contribution in [3.8, 4) is 0 Å². The summed E-state index contributed by atoms with van der Waals surface area (Å²) >= 11 is 3.44. The summed E-state index contributed by atoms with van der Waals surface area (Å²) in [5.74, 6) is 0.00646. The van der Waals surface area contributed by atoms with E-state index in [1.165, 1.54) is 0 Å². The fourth-order valence-electron chi connectivity index (χ4n) is 2.36. The number of amides is 1. The number of nitrogens with zero attached hydrogens (tertiary/aromatic N) is 3.